The first kappa shape index (κ1) is 10.6. The Bertz CT molecular complexity index is 820. The van der Waals surface area contributed by atoms with Crippen LogP contribution in [0.15, 0.2) is 53.0 Å². The van der Waals surface area contributed by atoms with Crippen LogP contribution in [0.2, 0.25) is 5.02 Å². The van der Waals surface area contributed by atoms with E-state index >= 15 is 0 Å². The van der Waals surface area contributed by atoms with Crippen LogP contribution in [0.4, 0.5) is 0 Å². The van der Waals surface area contributed by atoms with Gasteiger partial charge in [0.1, 0.15) is 0 Å². The molecule has 0 aliphatic rings. The van der Waals surface area contributed by atoms with Crippen LogP contribution in [0, 0.1) is 0 Å². The summed E-state index contributed by atoms with van der Waals surface area (Å²) in [5.41, 5.74) is 0. The van der Waals surface area contributed by atoms with Gasteiger partial charge in [0.25, 0.3) is 0 Å². The van der Waals surface area contributed by atoms with Crippen LogP contribution in [-0.2, 0) is 0 Å². The van der Waals surface area contributed by atoms with Gasteiger partial charge in [-0.05, 0) is 39.1 Å². The van der Waals surface area contributed by atoms with Gasteiger partial charge in [-0.15, -0.1) is 0 Å². The molecule has 4 aromatic carbocycles. The molecule has 0 fully saturated rings. The third-order valence-electron chi connectivity index (χ3n) is 3.56. The summed E-state index contributed by atoms with van der Waals surface area (Å²) in [6, 6.07) is 16.9. The highest BCUT2D eigenvalue weighted by molar-refractivity contribution is 9.10. The number of halogens is 2. The van der Waals surface area contributed by atoms with E-state index in [4.69, 9.17) is 11.6 Å². The maximum atomic E-state index is 6.31. The van der Waals surface area contributed by atoms with Gasteiger partial charge >= 0.3 is 0 Å². The van der Waals surface area contributed by atoms with E-state index < -0.39 is 0 Å². The Kier molecular flexibility index (Phi) is 2.12. The predicted octanol–water partition coefficient (Wildman–Crippen LogP) is 6.00. The zero-order chi connectivity index (χ0) is 12.3. The van der Waals surface area contributed by atoms with Gasteiger partial charge in [-0.25, -0.2) is 0 Å². The summed E-state index contributed by atoms with van der Waals surface area (Å²) >= 11 is 9.94. The van der Waals surface area contributed by atoms with E-state index in [1.807, 2.05) is 6.07 Å². The van der Waals surface area contributed by atoms with Gasteiger partial charge in [0.2, 0.25) is 0 Å². The summed E-state index contributed by atoms with van der Waals surface area (Å²) in [4.78, 5) is 0. The third kappa shape index (κ3) is 1.26. The molecular weight excluding hydrogens is 308 g/mol. The Balaban J connectivity index is 2.47. The third-order valence-corrected chi connectivity index (χ3v) is 4.58. The van der Waals surface area contributed by atoms with E-state index in [9.17, 15) is 0 Å². The first-order valence-corrected chi connectivity index (χ1v) is 6.94. The van der Waals surface area contributed by atoms with Crippen LogP contribution in [-0.4, -0.2) is 0 Å². The van der Waals surface area contributed by atoms with Gasteiger partial charge in [-0.2, -0.15) is 0 Å². The lowest BCUT2D eigenvalue weighted by Gasteiger charge is -2.12. The van der Waals surface area contributed by atoms with E-state index in [1.54, 1.807) is 0 Å². The molecule has 0 N–H and O–H groups in total. The van der Waals surface area contributed by atoms with Crippen LogP contribution in [0.1, 0.15) is 0 Å². The fourth-order valence-corrected chi connectivity index (χ4v) is 3.41. The quantitative estimate of drug-likeness (QED) is 0.349. The Morgan fingerprint density at radius 1 is 0.667 bits per heavy atom. The molecule has 0 aliphatic heterocycles. The second kappa shape index (κ2) is 3.59. The molecule has 0 radical (unpaired) electrons. The summed E-state index contributed by atoms with van der Waals surface area (Å²) in [6.45, 7) is 0. The van der Waals surface area contributed by atoms with Crippen LogP contribution < -0.4 is 0 Å². The van der Waals surface area contributed by atoms with E-state index in [1.165, 1.54) is 26.9 Å². The molecule has 0 atom stereocenters. The Morgan fingerprint density at radius 2 is 1.22 bits per heavy atom. The molecule has 0 saturated heterocycles. The van der Waals surface area contributed by atoms with Crippen LogP contribution in [0.5, 0.6) is 0 Å². The molecule has 0 saturated carbocycles. The minimum Gasteiger partial charge on any atom is -0.0837 e. The highest BCUT2D eigenvalue weighted by Gasteiger charge is 2.11. The standard InChI is InChI=1S/C16H8BrCl/c17-13-7-3-9-2-6-12-14(18)8-4-10-1-5-11(13)15(9)16(10)12/h1-8H. The second-order valence-corrected chi connectivity index (χ2v) is 5.78. The van der Waals surface area contributed by atoms with Crippen molar-refractivity contribution < 1.29 is 0 Å². The molecule has 2 heteroatoms. The summed E-state index contributed by atoms with van der Waals surface area (Å²) in [5.74, 6) is 0. The van der Waals surface area contributed by atoms with Crippen LogP contribution in [0.3, 0.4) is 0 Å². The number of hydrogen-bond donors (Lipinski definition) is 0. The average Bonchev–Trinajstić information content (AvgIpc) is 2.40. The van der Waals surface area contributed by atoms with Crippen molar-refractivity contribution in [2.45, 2.75) is 0 Å². The van der Waals surface area contributed by atoms with Crippen LogP contribution in [0.25, 0.3) is 32.3 Å². The largest absolute Gasteiger partial charge is 0.0837 e. The highest BCUT2D eigenvalue weighted by Crippen LogP contribution is 2.39. The molecule has 0 nitrogen and oxygen atoms in total. The Hall–Kier alpha value is -1.31. The Morgan fingerprint density at radius 3 is 2.00 bits per heavy atom. The van der Waals surface area contributed by atoms with Crippen molar-refractivity contribution in [2.24, 2.45) is 0 Å². The lowest BCUT2D eigenvalue weighted by molar-refractivity contribution is 1.75. The fourth-order valence-electron chi connectivity index (χ4n) is 2.73. The molecular formula is C16H8BrCl. The lowest BCUT2D eigenvalue weighted by atomic mass is 9.94. The summed E-state index contributed by atoms with van der Waals surface area (Å²) in [5, 5.41) is 8.25. The zero-order valence-corrected chi connectivity index (χ0v) is 11.7. The van der Waals surface area contributed by atoms with Crippen molar-refractivity contribution >= 4 is 59.8 Å². The molecule has 0 unspecified atom stereocenters. The van der Waals surface area contributed by atoms with Crippen molar-refractivity contribution in [2.75, 3.05) is 0 Å². The normalized spacial score (nSPS) is 11.9. The van der Waals surface area contributed by atoms with E-state index in [0.29, 0.717) is 0 Å². The molecule has 0 aliphatic carbocycles. The SMILES string of the molecule is Clc1ccc2ccc3c(Br)ccc4ccc1c2c43. The molecule has 4 rings (SSSR count). The molecule has 0 aromatic heterocycles. The molecule has 0 spiro atoms. The zero-order valence-electron chi connectivity index (χ0n) is 9.37. The van der Waals surface area contributed by atoms with Crippen molar-refractivity contribution in [3.63, 3.8) is 0 Å². The molecule has 0 bridgehead atoms. The first-order valence-electron chi connectivity index (χ1n) is 5.77. The topological polar surface area (TPSA) is 0 Å². The number of benzene rings is 4. The molecule has 0 heterocycles. The monoisotopic (exact) mass is 314 g/mol. The van der Waals surface area contributed by atoms with E-state index in [-0.39, 0.29) is 0 Å². The van der Waals surface area contributed by atoms with Crippen molar-refractivity contribution in [1.29, 1.82) is 0 Å². The van der Waals surface area contributed by atoms with Gasteiger partial charge in [-0.3, -0.25) is 0 Å². The van der Waals surface area contributed by atoms with Crippen molar-refractivity contribution in [3.8, 4) is 0 Å². The number of rotatable bonds is 0. The average molecular weight is 316 g/mol. The summed E-state index contributed by atoms with van der Waals surface area (Å²) in [7, 11) is 0. The minimum atomic E-state index is 0.817. The smallest absolute Gasteiger partial charge is 0.0485 e. The summed E-state index contributed by atoms with van der Waals surface area (Å²) in [6.07, 6.45) is 0. The van der Waals surface area contributed by atoms with Gasteiger partial charge in [0.15, 0.2) is 0 Å². The number of hydrogen-bond acceptors (Lipinski definition) is 0. The Labute approximate surface area is 118 Å². The summed E-state index contributed by atoms with van der Waals surface area (Å²) < 4.78 is 1.13. The lowest BCUT2D eigenvalue weighted by Crippen LogP contribution is -1.84. The van der Waals surface area contributed by atoms with Crippen molar-refractivity contribution in [3.05, 3.63) is 58.0 Å². The second-order valence-electron chi connectivity index (χ2n) is 4.52. The molecule has 18 heavy (non-hydrogen) atoms. The van der Waals surface area contributed by atoms with Gasteiger partial charge < -0.3 is 0 Å². The molecule has 86 valence electrons. The maximum Gasteiger partial charge on any atom is 0.0485 e. The fraction of sp³-hybridized carbons (Fsp3) is 0. The van der Waals surface area contributed by atoms with Crippen molar-refractivity contribution in [1.82, 2.24) is 0 Å². The maximum absolute atomic E-state index is 6.31. The van der Waals surface area contributed by atoms with E-state index in [0.717, 1.165) is 14.9 Å². The predicted molar refractivity (Wildman–Crippen MR) is 82.9 cm³/mol. The van der Waals surface area contributed by atoms with Gasteiger partial charge in [-0.1, -0.05) is 63.9 Å². The highest BCUT2D eigenvalue weighted by atomic mass is 79.9. The van der Waals surface area contributed by atoms with Gasteiger partial charge in [0.05, 0.1) is 0 Å². The first-order chi connectivity index (χ1) is 8.75. The van der Waals surface area contributed by atoms with Crippen LogP contribution >= 0.6 is 27.5 Å². The van der Waals surface area contributed by atoms with Gasteiger partial charge in [0, 0.05) is 14.9 Å². The molecule has 4 aromatic rings. The van der Waals surface area contributed by atoms with E-state index in [2.05, 4.69) is 58.4 Å². The minimum absolute atomic E-state index is 0.817. The molecule has 0 amide bonds.